The third kappa shape index (κ3) is 4.77. The second-order valence-corrected chi connectivity index (χ2v) is 10.2. The van der Waals surface area contributed by atoms with E-state index >= 15 is 0 Å². The number of carbonyl (C=O) groups excluding carboxylic acids is 2. The number of hydrogen-bond donors (Lipinski definition) is 2. The number of carbonyl (C=O) groups is 3. The minimum Gasteiger partial charge on any atom is -0.481 e. The van der Waals surface area contributed by atoms with Gasteiger partial charge in [-0.1, -0.05) is 61.4 Å². The van der Waals surface area contributed by atoms with Crippen molar-refractivity contribution in [1.29, 1.82) is 0 Å². The van der Waals surface area contributed by atoms with Crippen LogP contribution in [0, 0.1) is 5.41 Å². The molecular weight excluding hydrogens is 444 g/mol. The summed E-state index contributed by atoms with van der Waals surface area (Å²) < 4.78 is 5.55. The molecule has 2 fully saturated rings. The van der Waals surface area contributed by atoms with E-state index in [0.717, 1.165) is 35.1 Å². The molecule has 2 aromatic carbocycles. The van der Waals surface area contributed by atoms with Gasteiger partial charge in [-0.25, -0.2) is 4.79 Å². The van der Waals surface area contributed by atoms with E-state index in [4.69, 9.17) is 4.74 Å². The van der Waals surface area contributed by atoms with Crippen molar-refractivity contribution >= 4 is 18.0 Å². The van der Waals surface area contributed by atoms with E-state index < -0.39 is 24.5 Å². The van der Waals surface area contributed by atoms with Crippen LogP contribution in [0.2, 0.25) is 0 Å². The van der Waals surface area contributed by atoms with Crippen molar-refractivity contribution in [3.05, 3.63) is 59.7 Å². The summed E-state index contributed by atoms with van der Waals surface area (Å²) in [5.74, 6) is -1.58. The number of likely N-dealkylation sites (tertiary alicyclic amines) is 1. The van der Waals surface area contributed by atoms with Crippen LogP contribution in [-0.2, 0) is 14.3 Å². The number of carboxylic acids is 1. The molecule has 7 nitrogen and oxygen atoms in total. The molecule has 184 valence electrons. The van der Waals surface area contributed by atoms with Gasteiger partial charge in [-0.15, -0.1) is 0 Å². The van der Waals surface area contributed by atoms with Gasteiger partial charge in [0.05, 0.1) is 6.42 Å². The van der Waals surface area contributed by atoms with Crippen LogP contribution in [0.3, 0.4) is 0 Å². The summed E-state index contributed by atoms with van der Waals surface area (Å²) in [4.78, 5) is 39.0. The summed E-state index contributed by atoms with van der Waals surface area (Å²) in [6.45, 7) is 1.34. The zero-order valence-corrected chi connectivity index (χ0v) is 19.9. The van der Waals surface area contributed by atoms with E-state index in [0.29, 0.717) is 18.5 Å². The maximum absolute atomic E-state index is 13.2. The largest absolute Gasteiger partial charge is 0.481 e. The lowest BCUT2D eigenvalue weighted by atomic mass is 9.77. The molecule has 1 saturated carbocycles. The number of hydrogen-bond acceptors (Lipinski definition) is 4. The highest BCUT2D eigenvalue weighted by Gasteiger charge is 2.40. The van der Waals surface area contributed by atoms with Gasteiger partial charge in [-0.05, 0) is 53.4 Å². The molecule has 1 saturated heterocycles. The number of nitrogens with one attached hydrogen (secondary N) is 1. The number of nitrogens with zero attached hydrogens (tertiary/aromatic N) is 1. The molecule has 1 heterocycles. The first kappa shape index (κ1) is 23.4. The third-order valence-electron chi connectivity index (χ3n) is 8.11. The third-order valence-corrected chi connectivity index (χ3v) is 8.11. The van der Waals surface area contributed by atoms with Gasteiger partial charge in [0.2, 0.25) is 5.91 Å². The first-order valence-corrected chi connectivity index (χ1v) is 12.6. The fourth-order valence-corrected chi connectivity index (χ4v) is 6.20. The molecule has 2 N–H and O–H groups in total. The smallest absolute Gasteiger partial charge is 0.407 e. The fourth-order valence-electron chi connectivity index (χ4n) is 6.20. The zero-order chi connectivity index (χ0) is 24.4. The topological polar surface area (TPSA) is 95.9 Å². The Labute approximate surface area is 205 Å². The maximum atomic E-state index is 13.2. The van der Waals surface area contributed by atoms with Crippen molar-refractivity contribution in [1.82, 2.24) is 10.2 Å². The van der Waals surface area contributed by atoms with E-state index in [2.05, 4.69) is 17.4 Å². The second kappa shape index (κ2) is 9.72. The lowest BCUT2D eigenvalue weighted by Crippen LogP contribution is -2.52. The zero-order valence-electron chi connectivity index (χ0n) is 19.9. The highest BCUT2D eigenvalue weighted by Crippen LogP contribution is 2.46. The SMILES string of the molecule is O=C(O)CC(NC(=O)OCC1c2ccccc2-c2ccccc21)C(=O)N1CCC2(CCCC2)CC1. The Balaban J connectivity index is 1.22. The van der Waals surface area contributed by atoms with Gasteiger partial charge in [0.15, 0.2) is 0 Å². The highest BCUT2D eigenvalue weighted by molar-refractivity contribution is 5.89. The van der Waals surface area contributed by atoms with Crippen LogP contribution in [0.1, 0.15) is 62.0 Å². The minimum atomic E-state index is -1.14. The Kier molecular flexibility index (Phi) is 6.50. The molecule has 1 atom stereocenters. The number of fused-ring (bicyclic) bond motifs is 3. The van der Waals surface area contributed by atoms with Gasteiger partial charge in [0, 0.05) is 19.0 Å². The van der Waals surface area contributed by atoms with E-state index in [1.807, 2.05) is 36.4 Å². The second-order valence-electron chi connectivity index (χ2n) is 10.2. The van der Waals surface area contributed by atoms with Crippen LogP contribution in [0.25, 0.3) is 11.1 Å². The van der Waals surface area contributed by atoms with E-state index in [-0.39, 0.29) is 18.4 Å². The number of ether oxygens (including phenoxy) is 1. The predicted molar refractivity (Wildman–Crippen MR) is 131 cm³/mol. The summed E-state index contributed by atoms with van der Waals surface area (Å²) in [6, 6.07) is 15.0. The normalized spacial score (nSPS) is 19.1. The predicted octanol–water partition coefficient (Wildman–Crippen LogP) is 4.55. The van der Waals surface area contributed by atoms with Crippen LogP contribution in [0.15, 0.2) is 48.5 Å². The number of aliphatic carboxylic acids is 1. The standard InChI is InChI=1S/C28H32N2O5/c31-25(32)17-24(26(33)30-15-13-28(14-16-30)11-5-6-12-28)29-27(34)35-18-23-21-9-3-1-7-19(21)20-8-2-4-10-22(20)23/h1-4,7-10,23-24H,5-6,11-18H2,(H,29,34)(H,31,32). The molecule has 0 radical (unpaired) electrons. The van der Waals surface area contributed by atoms with E-state index in [1.165, 1.54) is 25.7 Å². The molecule has 5 rings (SSSR count). The van der Waals surface area contributed by atoms with Crippen molar-refractivity contribution in [2.45, 2.75) is 56.9 Å². The van der Waals surface area contributed by atoms with Crippen LogP contribution in [0.5, 0.6) is 0 Å². The number of rotatable bonds is 6. The number of piperidine rings is 1. The van der Waals surface area contributed by atoms with Crippen molar-refractivity contribution in [3.8, 4) is 11.1 Å². The molecule has 7 heteroatoms. The van der Waals surface area contributed by atoms with Gasteiger partial charge in [0.25, 0.3) is 0 Å². The number of benzene rings is 2. The van der Waals surface area contributed by atoms with Gasteiger partial charge in [-0.3, -0.25) is 9.59 Å². The Hall–Kier alpha value is -3.35. The number of amides is 2. The highest BCUT2D eigenvalue weighted by atomic mass is 16.5. The molecule has 35 heavy (non-hydrogen) atoms. The van der Waals surface area contributed by atoms with Crippen LogP contribution < -0.4 is 5.32 Å². The molecule has 1 spiro atoms. The molecule has 2 amide bonds. The van der Waals surface area contributed by atoms with Crippen LogP contribution >= 0.6 is 0 Å². The Morgan fingerprint density at radius 1 is 0.943 bits per heavy atom. The van der Waals surface area contributed by atoms with Gasteiger partial charge in [0.1, 0.15) is 12.6 Å². The number of alkyl carbamates (subject to hydrolysis) is 1. The fraction of sp³-hybridized carbons (Fsp3) is 0.464. The summed E-state index contributed by atoms with van der Waals surface area (Å²) in [7, 11) is 0. The molecule has 1 aliphatic heterocycles. The van der Waals surface area contributed by atoms with E-state index in [1.54, 1.807) is 4.90 Å². The first-order valence-electron chi connectivity index (χ1n) is 12.6. The number of carboxylic acid groups (broad SMARTS) is 1. The molecule has 1 unspecified atom stereocenters. The summed E-state index contributed by atoms with van der Waals surface area (Å²) >= 11 is 0. The molecule has 0 bridgehead atoms. The summed E-state index contributed by atoms with van der Waals surface area (Å²) in [6.07, 6.45) is 5.59. The molecule has 3 aliphatic rings. The van der Waals surface area contributed by atoms with Crippen molar-refractivity contribution in [2.24, 2.45) is 5.41 Å². The minimum absolute atomic E-state index is 0.105. The molecule has 0 aromatic heterocycles. The summed E-state index contributed by atoms with van der Waals surface area (Å²) in [5.41, 5.74) is 4.78. The van der Waals surface area contributed by atoms with Crippen LogP contribution in [-0.4, -0.2) is 53.7 Å². The van der Waals surface area contributed by atoms with Gasteiger partial charge in [-0.2, -0.15) is 0 Å². The van der Waals surface area contributed by atoms with Gasteiger partial charge < -0.3 is 20.1 Å². The summed E-state index contributed by atoms with van der Waals surface area (Å²) in [5, 5.41) is 11.9. The van der Waals surface area contributed by atoms with Gasteiger partial charge >= 0.3 is 12.1 Å². The van der Waals surface area contributed by atoms with Crippen molar-refractivity contribution in [2.75, 3.05) is 19.7 Å². The molecule has 2 aliphatic carbocycles. The average Bonchev–Trinajstić information content (AvgIpc) is 3.45. The maximum Gasteiger partial charge on any atom is 0.407 e. The molecule has 2 aromatic rings. The van der Waals surface area contributed by atoms with E-state index in [9.17, 15) is 19.5 Å². The average molecular weight is 477 g/mol. The van der Waals surface area contributed by atoms with Crippen molar-refractivity contribution in [3.63, 3.8) is 0 Å². The van der Waals surface area contributed by atoms with Crippen molar-refractivity contribution < 1.29 is 24.2 Å². The monoisotopic (exact) mass is 476 g/mol. The van der Waals surface area contributed by atoms with Crippen LogP contribution in [0.4, 0.5) is 4.79 Å². The quantitative estimate of drug-likeness (QED) is 0.638. The lowest BCUT2D eigenvalue weighted by Gasteiger charge is -2.40. The Bertz CT molecular complexity index is 1070. The lowest BCUT2D eigenvalue weighted by molar-refractivity contribution is -0.143. The Morgan fingerprint density at radius 2 is 1.51 bits per heavy atom. The Morgan fingerprint density at radius 3 is 2.09 bits per heavy atom. The molecular formula is C28H32N2O5. The first-order chi connectivity index (χ1) is 17.0.